The molecule has 0 bridgehead atoms. The molecule has 2 saturated heterocycles. The normalized spacial score (nSPS) is 21.6. The molecule has 1 aromatic carbocycles. The standard InChI is InChI=1S/C17H24N2O4.ClH/c20-17(16-12-22-10-7-18-16)19-14-1-3-15(4-2-14)23-11-13-5-8-21-9-6-13;/h1-4,13,16,18H,5-12H2,(H,19,20);1H. The largest absolute Gasteiger partial charge is 0.493 e. The second-order valence-corrected chi connectivity index (χ2v) is 5.96. The van der Waals surface area contributed by atoms with Crippen molar-refractivity contribution in [3.8, 4) is 5.75 Å². The van der Waals surface area contributed by atoms with Crippen LogP contribution >= 0.6 is 12.4 Å². The van der Waals surface area contributed by atoms with Crippen LogP contribution in [0.25, 0.3) is 0 Å². The predicted octanol–water partition coefficient (Wildman–Crippen LogP) is 1.84. The van der Waals surface area contributed by atoms with Crippen LogP contribution in [0.1, 0.15) is 12.8 Å². The average molecular weight is 357 g/mol. The highest BCUT2D eigenvalue weighted by Crippen LogP contribution is 2.20. The van der Waals surface area contributed by atoms with Crippen LogP contribution in [0.4, 0.5) is 5.69 Å². The van der Waals surface area contributed by atoms with Gasteiger partial charge in [-0.3, -0.25) is 4.79 Å². The zero-order chi connectivity index (χ0) is 15.9. The van der Waals surface area contributed by atoms with Crippen LogP contribution in [0.5, 0.6) is 5.75 Å². The van der Waals surface area contributed by atoms with Crippen LogP contribution in [-0.2, 0) is 14.3 Å². The van der Waals surface area contributed by atoms with Crippen molar-refractivity contribution in [2.75, 3.05) is 44.9 Å². The number of benzene rings is 1. The molecule has 1 unspecified atom stereocenters. The Kier molecular flexibility index (Phi) is 7.78. The molecule has 2 aliphatic rings. The lowest BCUT2D eigenvalue weighted by molar-refractivity contribution is -0.120. The third-order valence-corrected chi connectivity index (χ3v) is 4.19. The van der Waals surface area contributed by atoms with Gasteiger partial charge >= 0.3 is 0 Å². The first kappa shape index (κ1) is 19.0. The van der Waals surface area contributed by atoms with Crippen molar-refractivity contribution in [2.24, 2.45) is 5.92 Å². The number of hydrogen-bond donors (Lipinski definition) is 2. The van der Waals surface area contributed by atoms with Gasteiger partial charge in [0.1, 0.15) is 11.8 Å². The van der Waals surface area contributed by atoms with Crippen LogP contribution in [0.15, 0.2) is 24.3 Å². The number of rotatable bonds is 5. The Balaban J connectivity index is 0.00000208. The SMILES string of the molecule is Cl.O=C(Nc1ccc(OCC2CCOCC2)cc1)C1COCCN1. The summed E-state index contributed by atoms with van der Waals surface area (Å²) in [5.41, 5.74) is 0.765. The molecule has 2 heterocycles. The van der Waals surface area contributed by atoms with E-state index in [0.29, 0.717) is 25.7 Å². The van der Waals surface area contributed by atoms with Gasteiger partial charge in [0.15, 0.2) is 0 Å². The van der Waals surface area contributed by atoms with Crippen LogP contribution in [0, 0.1) is 5.92 Å². The number of ether oxygens (including phenoxy) is 3. The van der Waals surface area contributed by atoms with Crippen LogP contribution < -0.4 is 15.4 Å². The molecule has 1 amide bonds. The number of anilines is 1. The minimum Gasteiger partial charge on any atom is -0.493 e. The van der Waals surface area contributed by atoms with Crippen molar-refractivity contribution < 1.29 is 19.0 Å². The average Bonchev–Trinajstić information content (AvgIpc) is 2.63. The van der Waals surface area contributed by atoms with E-state index in [-0.39, 0.29) is 24.4 Å². The molecule has 7 heteroatoms. The Morgan fingerprint density at radius 1 is 1.17 bits per heavy atom. The van der Waals surface area contributed by atoms with Crippen molar-refractivity contribution in [2.45, 2.75) is 18.9 Å². The molecule has 0 aromatic heterocycles. The number of morpholine rings is 1. The summed E-state index contributed by atoms with van der Waals surface area (Å²) in [7, 11) is 0. The molecule has 3 rings (SSSR count). The molecule has 6 nitrogen and oxygen atoms in total. The second-order valence-electron chi connectivity index (χ2n) is 5.96. The lowest BCUT2D eigenvalue weighted by atomic mass is 10.0. The summed E-state index contributed by atoms with van der Waals surface area (Å²) in [6.45, 7) is 4.16. The molecule has 2 fully saturated rings. The van der Waals surface area contributed by atoms with Crippen LogP contribution in [-0.4, -0.2) is 51.5 Å². The fourth-order valence-electron chi connectivity index (χ4n) is 2.72. The van der Waals surface area contributed by atoms with Gasteiger partial charge in [-0.2, -0.15) is 0 Å². The fourth-order valence-corrected chi connectivity index (χ4v) is 2.72. The van der Waals surface area contributed by atoms with Crippen LogP contribution in [0.2, 0.25) is 0 Å². The highest BCUT2D eigenvalue weighted by atomic mass is 35.5. The first-order valence-electron chi connectivity index (χ1n) is 8.24. The van der Waals surface area contributed by atoms with E-state index in [1.807, 2.05) is 24.3 Å². The third kappa shape index (κ3) is 5.63. The van der Waals surface area contributed by atoms with Gasteiger partial charge in [-0.25, -0.2) is 0 Å². The number of halogens is 1. The predicted molar refractivity (Wildman–Crippen MR) is 94.0 cm³/mol. The molecule has 0 radical (unpaired) electrons. The lowest BCUT2D eigenvalue weighted by Crippen LogP contribution is -2.48. The van der Waals surface area contributed by atoms with Crippen molar-refractivity contribution in [1.29, 1.82) is 0 Å². The molecule has 2 aliphatic heterocycles. The van der Waals surface area contributed by atoms with E-state index in [4.69, 9.17) is 14.2 Å². The highest BCUT2D eigenvalue weighted by Gasteiger charge is 2.21. The summed E-state index contributed by atoms with van der Waals surface area (Å²) >= 11 is 0. The summed E-state index contributed by atoms with van der Waals surface area (Å²) in [4.78, 5) is 12.1. The van der Waals surface area contributed by atoms with Gasteiger partial charge < -0.3 is 24.8 Å². The minimum absolute atomic E-state index is 0. The first-order valence-corrected chi connectivity index (χ1v) is 8.24. The van der Waals surface area contributed by atoms with Gasteiger partial charge in [-0.15, -0.1) is 12.4 Å². The Bertz CT molecular complexity index is 500. The molecule has 2 N–H and O–H groups in total. The van der Waals surface area contributed by atoms with Crippen LogP contribution in [0.3, 0.4) is 0 Å². The molecule has 134 valence electrons. The van der Waals surface area contributed by atoms with Crippen molar-refractivity contribution in [3.05, 3.63) is 24.3 Å². The number of carbonyl (C=O) groups is 1. The molecule has 0 aliphatic carbocycles. The van der Waals surface area contributed by atoms with E-state index >= 15 is 0 Å². The molecule has 0 saturated carbocycles. The second kappa shape index (κ2) is 9.84. The van der Waals surface area contributed by atoms with Crippen molar-refractivity contribution >= 4 is 24.0 Å². The van der Waals surface area contributed by atoms with E-state index in [0.717, 1.165) is 44.1 Å². The number of amides is 1. The van der Waals surface area contributed by atoms with Crippen molar-refractivity contribution in [1.82, 2.24) is 5.32 Å². The zero-order valence-electron chi connectivity index (χ0n) is 13.7. The summed E-state index contributed by atoms with van der Waals surface area (Å²) in [5, 5.41) is 6.03. The smallest absolute Gasteiger partial charge is 0.243 e. The Labute approximate surface area is 148 Å². The topological polar surface area (TPSA) is 68.8 Å². The number of nitrogens with one attached hydrogen (secondary N) is 2. The highest BCUT2D eigenvalue weighted by molar-refractivity contribution is 5.95. The molecule has 1 aromatic rings. The fraction of sp³-hybridized carbons (Fsp3) is 0.588. The maximum atomic E-state index is 12.1. The summed E-state index contributed by atoms with van der Waals surface area (Å²) in [6, 6.07) is 7.22. The van der Waals surface area contributed by atoms with E-state index in [1.54, 1.807) is 0 Å². The number of carbonyl (C=O) groups excluding carboxylic acids is 1. The minimum atomic E-state index is -0.284. The summed E-state index contributed by atoms with van der Waals surface area (Å²) in [6.07, 6.45) is 2.12. The van der Waals surface area contributed by atoms with E-state index in [2.05, 4.69) is 10.6 Å². The zero-order valence-corrected chi connectivity index (χ0v) is 14.5. The van der Waals surface area contributed by atoms with E-state index < -0.39 is 0 Å². The number of hydrogen-bond acceptors (Lipinski definition) is 5. The molecular formula is C17H25ClN2O4. The van der Waals surface area contributed by atoms with Crippen molar-refractivity contribution in [3.63, 3.8) is 0 Å². The quantitative estimate of drug-likeness (QED) is 0.842. The van der Waals surface area contributed by atoms with Gasteiger partial charge in [-0.1, -0.05) is 0 Å². The monoisotopic (exact) mass is 356 g/mol. The van der Waals surface area contributed by atoms with E-state index in [1.165, 1.54) is 0 Å². The Morgan fingerprint density at radius 2 is 1.92 bits per heavy atom. The maximum Gasteiger partial charge on any atom is 0.243 e. The van der Waals surface area contributed by atoms with E-state index in [9.17, 15) is 4.79 Å². The summed E-state index contributed by atoms with van der Waals surface area (Å²) in [5.74, 6) is 1.33. The van der Waals surface area contributed by atoms with Gasteiger partial charge in [0, 0.05) is 25.4 Å². The molecular weight excluding hydrogens is 332 g/mol. The summed E-state index contributed by atoms with van der Waals surface area (Å²) < 4.78 is 16.5. The lowest BCUT2D eigenvalue weighted by Gasteiger charge is -2.23. The Hall–Kier alpha value is -1.34. The van der Waals surface area contributed by atoms with Gasteiger partial charge in [0.2, 0.25) is 5.91 Å². The maximum absolute atomic E-state index is 12.1. The molecule has 1 atom stereocenters. The van der Waals surface area contributed by atoms with Gasteiger partial charge in [-0.05, 0) is 43.0 Å². The van der Waals surface area contributed by atoms with Gasteiger partial charge in [0.05, 0.1) is 19.8 Å². The Morgan fingerprint density at radius 3 is 2.58 bits per heavy atom. The van der Waals surface area contributed by atoms with Gasteiger partial charge in [0.25, 0.3) is 0 Å². The first-order chi connectivity index (χ1) is 11.3. The third-order valence-electron chi connectivity index (χ3n) is 4.19. The molecule has 24 heavy (non-hydrogen) atoms. The molecule has 0 spiro atoms.